The summed E-state index contributed by atoms with van der Waals surface area (Å²) in [6.07, 6.45) is 1.55. The van der Waals surface area contributed by atoms with Gasteiger partial charge in [-0.25, -0.2) is 4.98 Å². The Labute approximate surface area is 106 Å². The lowest BCUT2D eigenvalue weighted by atomic mass is 10.2. The summed E-state index contributed by atoms with van der Waals surface area (Å²) in [6, 6.07) is 9.63. The van der Waals surface area contributed by atoms with Gasteiger partial charge in [-0.3, -0.25) is 4.79 Å². The summed E-state index contributed by atoms with van der Waals surface area (Å²) >= 11 is 3.21. The van der Waals surface area contributed by atoms with Gasteiger partial charge in [-0.05, 0) is 46.3 Å². The molecule has 2 N–H and O–H groups in total. The first-order valence-electron chi connectivity index (χ1n) is 4.87. The second-order valence-electron chi connectivity index (χ2n) is 3.37. The Balaban J connectivity index is 2.14. The molecule has 0 aliphatic rings. The van der Waals surface area contributed by atoms with Gasteiger partial charge >= 0.3 is 0 Å². The monoisotopic (exact) mass is 292 g/mol. The molecule has 17 heavy (non-hydrogen) atoms. The highest BCUT2D eigenvalue weighted by molar-refractivity contribution is 9.10. The average Bonchev–Trinajstić information content (AvgIpc) is 2.32. The number of halogens is 1. The number of benzene rings is 1. The minimum absolute atomic E-state index is 0.0616. The number of pyridine rings is 1. The van der Waals surface area contributed by atoms with E-state index in [0.717, 1.165) is 0 Å². The normalized spacial score (nSPS) is 9.94. The summed E-state index contributed by atoms with van der Waals surface area (Å²) in [5.41, 5.74) is 0.995. The Morgan fingerprint density at radius 2 is 2.12 bits per heavy atom. The van der Waals surface area contributed by atoms with Crippen molar-refractivity contribution in [3.8, 4) is 5.75 Å². The minimum Gasteiger partial charge on any atom is -0.508 e. The van der Waals surface area contributed by atoms with Gasteiger partial charge in [0.1, 0.15) is 10.4 Å². The maximum absolute atomic E-state index is 11.8. The molecule has 0 unspecified atom stereocenters. The molecule has 0 aliphatic carbocycles. The predicted octanol–water partition coefficient (Wildman–Crippen LogP) is 2.80. The molecule has 4 nitrogen and oxygen atoms in total. The molecule has 1 amide bonds. The van der Waals surface area contributed by atoms with Gasteiger partial charge in [0, 0.05) is 5.56 Å². The molecule has 1 heterocycles. The second kappa shape index (κ2) is 4.97. The van der Waals surface area contributed by atoms with E-state index in [-0.39, 0.29) is 11.7 Å². The van der Waals surface area contributed by atoms with Crippen LogP contribution in [0.3, 0.4) is 0 Å². The van der Waals surface area contributed by atoms with Gasteiger partial charge in [0.15, 0.2) is 0 Å². The molecule has 5 heteroatoms. The van der Waals surface area contributed by atoms with Gasteiger partial charge in [-0.1, -0.05) is 6.07 Å². The lowest BCUT2D eigenvalue weighted by molar-refractivity contribution is 0.102. The van der Waals surface area contributed by atoms with E-state index in [1.165, 1.54) is 12.1 Å². The quantitative estimate of drug-likeness (QED) is 0.837. The number of rotatable bonds is 2. The highest BCUT2D eigenvalue weighted by Gasteiger charge is 2.06. The molecular weight excluding hydrogens is 284 g/mol. The number of amides is 1. The topological polar surface area (TPSA) is 62.2 Å². The van der Waals surface area contributed by atoms with E-state index < -0.39 is 0 Å². The number of phenolic OH excluding ortho intramolecular Hbond substituents is 1. The van der Waals surface area contributed by atoms with Gasteiger partial charge in [-0.2, -0.15) is 0 Å². The minimum atomic E-state index is -0.287. The number of nitrogens with one attached hydrogen (secondary N) is 1. The molecule has 2 aromatic rings. The number of aromatic nitrogens is 1. The van der Waals surface area contributed by atoms with Crippen molar-refractivity contribution >= 4 is 27.5 Å². The third-order valence-corrected chi connectivity index (χ3v) is 2.56. The second-order valence-corrected chi connectivity index (χ2v) is 4.19. The fourth-order valence-electron chi connectivity index (χ4n) is 1.30. The number of nitrogens with zero attached hydrogens (tertiary/aromatic N) is 1. The maximum atomic E-state index is 11.8. The van der Waals surface area contributed by atoms with Gasteiger partial charge in [0.05, 0.1) is 11.9 Å². The zero-order valence-corrected chi connectivity index (χ0v) is 10.3. The van der Waals surface area contributed by atoms with Crippen LogP contribution in [0.1, 0.15) is 10.4 Å². The van der Waals surface area contributed by atoms with Crippen LogP contribution in [0.15, 0.2) is 47.2 Å². The molecule has 0 radical (unpaired) electrons. The van der Waals surface area contributed by atoms with Gasteiger partial charge < -0.3 is 10.4 Å². The van der Waals surface area contributed by atoms with Crippen LogP contribution in [0.25, 0.3) is 0 Å². The van der Waals surface area contributed by atoms with E-state index in [1.807, 2.05) is 0 Å². The lowest BCUT2D eigenvalue weighted by Gasteiger charge is -2.05. The Morgan fingerprint density at radius 3 is 2.76 bits per heavy atom. The first-order chi connectivity index (χ1) is 8.15. The number of carbonyl (C=O) groups is 1. The van der Waals surface area contributed by atoms with E-state index in [1.54, 1.807) is 30.5 Å². The molecule has 0 saturated heterocycles. The first kappa shape index (κ1) is 11.6. The first-order valence-corrected chi connectivity index (χ1v) is 5.66. The van der Waals surface area contributed by atoms with Crippen LogP contribution < -0.4 is 5.32 Å². The number of hydrogen-bond acceptors (Lipinski definition) is 3. The lowest BCUT2D eigenvalue weighted by Crippen LogP contribution is -2.11. The molecule has 0 atom stereocenters. The standard InChI is InChI=1S/C12H9BrN2O2/c13-11-5-4-9(7-14-11)15-12(17)8-2-1-3-10(16)6-8/h1-7,16H,(H,15,17). The molecular formula is C12H9BrN2O2. The van der Waals surface area contributed by atoms with Gasteiger partial charge in [0.2, 0.25) is 0 Å². The average molecular weight is 293 g/mol. The number of aromatic hydroxyl groups is 1. The molecule has 0 spiro atoms. The molecule has 0 aliphatic heterocycles. The summed E-state index contributed by atoms with van der Waals surface area (Å²) in [5, 5.41) is 11.9. The van der Waals surface area contributed by atoms with Crippen molar-refractivity contribution in [1.29, 1.82) is 0 Å². The predicted molar refractivity (Wildman–Crippen MR) is 68.0 cm³/mol. The zero-order chi connectivity index (χ0) is 12.3. The largest absolute Gasteiger partial charge is 0.508 e. The summed E-state index contributed by atoms with van der Waals surface area (Å²) in [4.78, 5) is 15.8. The van der Waals surface area contributed by atoms with Crippen molar-refractivity contribution in [1.82, 2.24) is 4.98 Å². The summed E-state index contributed by atoms with van der Waals surface area (Å²) in [6.45, 7) is 0. The molecule has 0 saturated carbocycles. The number of phenols is 1. The highest BCUT2D eigenvalue weighted by Crippen LogP contribution is 2.14. The fraction of sp³-hybridized carbons (Fsp3) is 0. The van der Waals surface area contributed by atoms with Crippen molar-refractivity contribution in [2.75, 3.05) is 5.32 Å². The molecule has 0 bridgehead atoms. The van der Waals surface area contributed by atoms with E-state index in [2.05, 4.69) is 26.2 Å². The molecule has 1 aromatic heterocycles. The Kier molecular flexibility index (Phi) is 3.39. The van der Waals surface area contributed by atoms with Crippen molar-refractivity contribution in [2.45, 2.75) is 0 Å². The highest BCUT2D eigenvalue weighted by atomic mass is 79.9. The summed E-state index contributed by atoms with van der Waals surface area (Å²) in [7, 11) is 0. The Morgan fingerprint density at radius 1 is 1.29 bits per heavy atom. The van der Waals surface area contributed by atoms with E-state index >= 15 is 0 Å². The number of anilines is 1. The van der Waals surface area contributed by atoms with Crippen LogP contribution in [0.4, 0.5) is 5.69 Å². The third-order valence-electron chi connectivity index (χ3n) is 2.09. The SMILES string of the molecule is O=C(Nc1ccc(Br)nc1)c1cccc(O)c1. The van der Waals surface area contributed by atoms with Crippen LogP contribution in [0.5, 0.6) is 5.75 Å². The van der Waals surface area contributed by atoms with Crippen LogP contribution in [-0.4, -0.2) is 16.0 Å². The zero-order valence-electron chi connectivity index (χ0n) is 8.72. The van der Waals surface area contributed by atoms with Gasteiger partial charge in [0.25, 0.3) is 5.91 Å². The Bertz CT molecular complexity index is 540. The number of hydrogen-bond donors (Lipinski definition) is 2. The molecule has 1 aromatic carbocycles. The van der Waals surface area contributed by atoms with Crippen molar-refractivity contribution < 1.29 is 9.90 Å². The molecule has 2 rings (SSSR count). The van der Waals surface area contributed by atoms with Crippen molar-refractivity contribution in [2.24, 2.45) is 0 Å². The molecule has 86 valence electrons. The summed E-state index contributed by atoms with van der Waals surface area (Å²) in [5.74, 6) is -0.225. The Hall–Kier alpha value is -1.88. The third kappa shape index (κ3) is 3.04. The van der Waals surface area contributed by atoms with Crippen LogP contribution in [0, 0.1) is 0 Å². The van der Waals surface area contributed by atoms with Gasteiger partial charge in [-0.15, -0.1) is 0 Å². The van der Waals surface area contributed by atoms with Crippen molar-refractivity contribution in [3.63, 3.8) is 0 Å². The van der Waals surface area contributed by atoms with E-state index in [9.17, 15) is 9.90 Å². The van der Waals surface area contributed by atoms with Crippen LogP contribution >= 0.6 is 15.9 Å². The van der Waals surface area contributed by atoms with E-state index in [0.29, 0.717) is 15.9 Å². The summed E-state index contributed by atoms with van der Waals surface area (Å²) < 4.78 is 0.702. The molecule has 0 fully saturated rings. The smallest absolute Gasteiger partial charge is 0.255 e. The van der Waals surface area contributed by atoms with Crippen LogP contribution in [-0.2, 0) is 0 Å². The van der Waals surface area contributed by atoms with E-state index in [4.69, 9.17) is 0 Å². The van der Waals surface area contributed by atoms with Crippen molar-refractivity contribution in [3.05, 3.63) is 52.8 Å². The maximum Gasteiger partial charge on any atom is 0.255 e. The van der Waals surface area contributed by atoms with Crippen LogP contribution in [0.2, 0.25) is 0 Å². The number of carbonyl (C=O) groups excluding carboxylic acids is 1. The fourth-order valence-corrected chi connectivity index (χ4v) is 1.53.